The summed E-state index contributed by atoms with van der Waals surface area (Å²) in [7, 11) is 3.24. The van der Waals surface area contributed by atoms with Crippen LogP contribution in [0.1, 0.15) is 20.3 Å². The van der Waals surface area contributed by atoms with Crippen LogP contribution >= 0.6 is 11.6 Å². The van der Waals surface area contributed by atoms with E-state index in [4.69, 9.17) is 53.2 Å². The molecule has 72 heavy (non-hydrogen) atoms. The first-order valence-electron chi connectivity index (χ1n) is 23.4. The van der Waals surface area contributed by atoms with Crippen molar-refractivity contribution in [3.05, 3.63) is 91.1 Å². The van der Waals surface area contributed by atoms with Crippen molar-refractivity contribution < 1.29 is 28.8 Å². The largest absolute Gasteiger partial charge is 0.506 e. The third-order valence-electron chi connectivity index (χ3n) is 12.0. The number of pyridine rings is 2. The molecule has 19 heteroatoms. The van der Waals surface area contributed by atoms with Gasteiger partial charge in [-0.15, -0.1) is 12.8 Å². The molecule has 8 heterocycles. The molecule has 376 valence electrons. The predicted octanol–water partition coefficient (Wildman–Crippen LogP) is 7.54. The fourth-order valence-corrected chi connectivity index (χ4v) is 8.45. The van der Waals surface area contributed by atoms with Crippen molar-refractivity contribution in [3.8, 4) is 65.1 Å². The summed E-state index contributed by atoms with van der Waals surface area (Å²) in [5, 5.41) is 12.8. The van der Waals surface area contributed by atoms with Crippen molar-refractivity contribution in [2.24, 2.45) is 0 Å². The van der Waals surface area contributed by atoms with Crippen LogP contribution in [-0.2, 0) is 0 Å². The minimum atomic E-state index is 0. The molecule has 0 spiro atoms. The number of aromatic nitrogens is 8. The molecular formula is C53H61ClN12O6. The number of ether oxygens (including phenoxy) is 5. The molecule has 6 aromatic heterocycles. The number of benzene rings is 2. The number of H-pyrrole nitrogens is 2. The topological polar surface area (TPSA) is 188 Å². The van der Waals surface area contributed by atoms with Crippen LogP contribution in [0.5, 0.6) is 40.4 Å². The SMILES string of the molecule is C.C#CCN1CCN(CCCOc2cc3ncnc(Cl)c3cc2OC)CC1.C#CCN1CCN(CCCOc2cc3ncnc(Oc4cnc5[nH]ccc5c4)c3cc2OC)CC1.Oc1cnc2[nH]ccc2c1. The lowest BCUT2D eigenvalue weighted by Gasteiger charge is -2.33. The summed E-state index contributed by atoms with van der Waals surface area (Å²) in [4.78, 5) is 40.8. The normalized spacial score (nSPS) is 14.3. The third-order valence-corrected chi connectivity index (χ3v) is 12.3. The zero-order valence-electron chi connectivity index (χ0n) is 39.9. The molecule has 0 saturated carbocycles. The lowest BCUT2D eigenvalue weighted by Crippen LogP contribution is -2.46. The predicted molar refractivity (Wildman–Crippen MR) is 281 cm³/mol. The maximum Gasteiger partial charge on any atom is 0.230 e. The summed E-state index contributed by atoms with van der Waals surface area (Å²) < 4.78 is 29.1. The van der Waals surface area contributed by atoms with Crippen LogP contribution in [0.2, 0.25) is 5.15 Å². The molecule has 2 aliphatic heterocycles. The Morgan fingerprint density at radius 1 is 0.611 bits per heavy atom. The molecule has 0 unspecified atom stereocenters. The van der Waals surface area contributed by atoms with Gasteiger partial charge in [0.25, 0.3) is 0 Å². The Kier molecular flexibility index (Phi) is 19.0. The first-order chi connectivity index (χ1) is 34.8. The number of fused-ring (bicyclic) bond motifs is 4. The number of aromatic hydroxyl groups is 1. The Bertz CT molecular complexity index is 3080. The molecule has 2 saturated heterocycles. The van der Waals surface area contributed by atoms with Crippen molar-refractivity contribution in [2.75, 3.05) is 106 Å². The van der Waals surface area contributed by atoms with E-state index in [-0.39, 0.29) is 13.2 Å². The van der Waals surface area contributed by atoms with Crippen LogP contribution in [0.4, 0.5) is 0 Å². The maximum absolute atomic E-state index is 8.97. The van der Waals surface area contributed by atoms with E-state index in [1.165, 1.54) is 18.9 Å². The second-order valence-electron chi connectivity index (χ2n) is 16.7. The van der Waals surface area contributed by atoms with Crippen LogP contribution in [-0.4, -0.2) is 171 Å². The van der Waals surface area contributed by atoms with Crippen molar-refractivity contribution in [1.82, 2.24) is 59.5 Å². The Labute approximate surface area is 424 Å². The average Bonchev–Trinajstić information content (AvgIpc) is 4.07. The van der Waals surface area contributed by atoms with Gasteiger partial charge in [0.1, 0.15) is 40.6 Å². The van der Waals surface area contributed by atoms with Crippen molar-refractivity contribution in [1.29, 1.82) is 0 Å². The van der Waals surface area contributed by atoms with Crippen LogP contribution < -0.4 is 23.7 Å². The van der Waals surface area contributed by atoms with Gasteiger partial charge in [0, 0.05) is 106 Å². The minimum Gasteiger partial charge on any atom is -0.506 e. The van der Waals surface area contributed by atoms with E-state index in [0.29, 0.717) is 58.5 Å². The number of halogens is 1. The van der Waals surface area contributed by atoms with E-state index >= 15 is 0 Å². The van der Waals surface area contributed by atoms with E-state index in [0.717, 1.165) is 130 Å². The standard InChI is InChI=1S/C26H28N6O3.C19H23ClN4O2.C7H6N2O.CH4/c1-3-7-31-9-11-32(12-10-31)8-4-13-34-24-16-22-21(15-23(24)33-2)26(30-18-29-22)35-20-14-19-5-6-27-25(19)28-17-20;1-3-5-23-7-9-24(10-8-23)6-4-11-26-18-13-16-15(12-17(18)25-2)19(20)22-14-21-16;10-6-3-5-1-2-8-7(5)9-4-6;/h1,5-6,14-18H,4,7-13H2,2H3,(H,27,28);1,12-14H,4-11H2,2H3;1-4,10H,(H,8,9);1H4. The Balaban J connectivity index is 0.000000179. The zero-order valence-corrected chi connectivity index (χ0v) is 40.6. The highest BCUT2D eigenvalue weighted by molar-refractivity contribution is 6.34. The molecule has 0 radical (unpaired) electrons. The first-order valence-corrected chi connectivity index (χ1v) is 23.7. The lowest BCUT2D eigenvalue weighted by atomic mass is 10.2. The van der Waals surface area contributed by atoms with Crippen LogP contribution in [0.3, 0.4) is 0 Å². The molecule has 0 aliphatic carbocycles. The number of hydrogen-bond donors (Lipinski definition) is 3. The molecule has 8 aromatic rings. The highest BCUT2D eigenvalue weighted by Gasteiger charge is 2.18. The Morgan fingerprint density at radius 2 is 1.11 bits per heavy atom. The van der Waals surface area contributed by atoms with Gasteiger partial charge in [-0.1, -0.05) is 30.9 Å². The average molecular weight is 998 g/mol. The number of nitrogens with zero attached hydrogens (tertiary/aromatic N) is 10. The van der Waals surface area contributed by atoms with Gasteiger partial charge in [0.2, 0.25) is 5.88 Å². The van der Waals surface area contributed by atoms with Gasteiger partial charge < -0.3 is 48.6 Å². The number of rotatable bonds is 16. The molecule has 10 rings (SSSR count). The number of methoxy groups -OCH3 is 2. The summed E-state index contributed by atoms with van der Waals surface area (Å²) in [6, 6.07) is 14.8. The van der Waals surface area contributed by atoms with Crippen molar-refractivity contribution >= 4 is 55.5 Å². The molecule has 0 bridgehead atoms. The highest BCUT2D eigenvalue weighted by Crippen LogP contribution is 2.37. The number of hydrogen-bond acceptors (Lipinski definition) is 16. The smallest absolute Gasteiger partial charge is 0.230 e. The summed E-state index contributed by atoms with van der Waals surface area (Å²) >= 11 is 6.11. The van der Waals surface area contributed by atoms with Gasteiger partial charge in [0.15, 0.2) is 23.0 Å². The molecule has 18 nitrogen and oxygen atoms in total. The zero-order chi connectivity index (χ0) is 49.4. The number of piperazine rings is 2. The Morgan fingerprint density at radius 3 is 1.67 bits per heavy atom. The molecule has 0 atom stereocenters. The van der Waals surface area contributed by atoms with Crippen LogP contribution in [0.25, 0.3) is 43.9 Å². The van der Waals surface area contributed by atoms with Crippen LogP contribution in [0.15, 0.2) is 86.0 Å². The van der Waals surface area contributed by atoms with Gasteiger partial charge >= 0.3 is 0 Å². The summed E-state index contributed by atoms with van der Waals surface area (Å²) in [6.45, 7) is 12.9. The van der Waals surface area contributed by atoms with E-state index in [1.807, 2.05) is 48.7 Å². The van der Waals surface area contributed by atoms with Gasteiger partial charge in [-0.25, -0.2) is 29.9 Å². The third kappa shape index (κ3) is 13.9. The fourth-order valence-electron chi connectivity index (χ4n) is 8.25. The maximum atomic E-state index is 8.97. The molecule has 0 amide bonds. The molecule has 2 aromatic carbocycles. The minimum absolute atomic E-state index is 0. The van der Waals surface area contributed by atoms with Gasteiger partial charge in [-0.05, 0) is 49.2 Å². The van der Waals surface area contributed by atoms with E-state index in [1.54, 1.807) is 32.7 Å². The Hall–Kier alpha value is -7.45. The van der Waals surface area contributed by atoms with Crippen LogP contribution in [0, 0.1) is 24.7 Å². The van der Waals surface area contributed by atoms with E-state index in [2.05, 4.69) is 71.3 Å². The van der Waals surface area contributed by atoms with Crippen molar-refractivity contribution in [2.45, 2.75) is 20.3 Å². The number of nitrogens with one attached hydrogen (secondary N) is 2. The highest BCUT2D eigenvalue weighted by atomic mass is 35.5. The van der Waals surface area contributed by atoms with E-state index in [9.17, 15) is 0 Å². The van der Waals surface area contributed by atoms with E-state index < -0.39 is 0 Å². The number of aromatic amines is 2. The molecule has 2 fully saturated rings. The second kappa shape index (κ2) is 26.1. The van der Waals surface area contributed by atoms with Crippen molar-refractivity contribution in [3.63, 3.8) is 0 Å². The fraction of sp³-hybridized carbons (Fsp3) is 0.358. The molecule has 2 aliphatic rings. The quantitative estimate of drug-likeness (QED) is 0.0489. The second-order valence-corrected chi connectivity index (χ2v) is 17.1. The summed E-state index contributed by atoms with van der Waals surface area (Å²) in [6.07, 6.45) is 22.3. The molecule has 3 N–H and O–H groups in total. The lowest BCUT2D eigenvalue weighted by molar-refractivity contribution is 0.136. The number of terminal acetylenes is 2. The van der Waals surface area contributed by atoms with Gasteiger partial charge in [-0.3, -0.25) is 9.80 Å². The first kappa shape index (κ1) is 52.4. The van der Waals surface area contributed by atoms with Gasteiger partial charge in [-0.2, -0.15) is 0 Å². The summed E-state index contributed by atoms with van der Waals surface area (Å²) in [5.41, 5.74) is 3.06. The summed E-state index contributed by atoms with van der Waals surface area (Å²) in [5.74, 6) is 9.23. The molecular weight excluding hydrogens is 936 g/mol. The van der Waals surface area contributed by atoms with Gasteiger partial charge in [0.05, 0.1) is 69.3 Å². The monoisotopic (exact) mass is 996 g/mol.